The van der Waals surface area contributed by atoms with Gasteiger partial charge in [-0.1, -0.05) is 61.9 Å². The Kier molecular flexibility index (Phi) is 7.15. The summed E-state index contributed by atoms with van der Waals surface area (Å²) in [7, 11) is 0. The van der Waals surface area contributed by atoms with Crippen LogP contribution in [0.1, 0.15) is 36.1 Å². The van der Waals surface area contributed by atoms with E-state index in [2.05, 4.69) is 5.32 Å². The van der Waals surface area contributed by atoms with Crippen LogP contribution in [-0.4, -0.2) is 18.5 Å². The maximum absolute atomic E-state index is 12.2. The molecule has 4 heteroatoms. The van der Waals surface area contributed by atoms with Crippen molar-refractivity contribution in [2.24, 2.45) is 0 Å². The van der Waals surface area contributed by atoms with E-state index in [0.717, 1.165) is 40.8 Å². The molecule has 26 heavy (non-hydrogen) atoms. The zero-order valence-corrected chi connectivity index (χ0v) is 15.5. The lowest BCUT2D eigenvalue weighted by Crippen LogP contribution is -2.21. The van der Waals surface area contributed by atoms with Crippen molar-refractivity contribution in [1.29, 1.82) is 0 Å². The third-order valence-electron chi connectivity index (χ3n) is 4.06. The molecular weight excluding hydrogens is 326 g/mol. The lowest BCUT2D eigenvalue weighted by atomic mass is 10.0. The van der Waals surface area contributed by atoms with Crippen LogP contribution >= 0.6 is 0 Å². The van der Waals surface area contributed by atoms with E-state index in [4.69, 9.17) is 4.74 Å². The molecule has 0 heterocycles. The number of carbonyl (C=O) groups is 2. The average Bonchev–Trinajstić information content (AvgIpc) is 2.65. The fraction of sp³-hybridized carbons (Fsp3) is 0.273. The normalized spacial score (nSPS) is 10.7. The average molecular weight is 351 g/mol. The molecule has 0 aromatic heterocycles. The molecule has 0 spiro atoms. The second-order valence-corrected chi connectivity index (χ2v) is 6.06. The number of rotatable bonds is 7. The summed E-state index contributed by atoms with van der Waals surface area (Å²) in [5, 5.41) is 2.88. The topological polar surface area (TPSA) is 55.4 Å². The van der Waals surface area contributed by atoms with Crippen LogP contribution in [0.4, 0.5) is 5.69 Å². The Labute approximate surface area is 154 Å². The van der Waals surface area contributed by atoms with Crippen molar-refractivity contribution < 1.29 is 14.3 Å². The standard InChI is InChI=1S/C22H25NO3/c1-4-18-10-7-11-19(5-2)22(18)23-20(24)15-26-21(25)13-12-17-9-6-8-16(3)14-17/h6-14H,4-5,15H2,1-3H3,(H,23,24)/b13-12+. The minimum Gasteiger partial charge on any atom is -0.452 e. The first-order valence-corrected chi connectivity index (χ1v) is 8.85. The smallest absolute Gasteiger partial charge is 0.331 e. The van der Waals surface area contributed by atoms with Crippen LogP contribution in [0.3, 0.4) is 0 Å². The third kappa shape index (κ3) is 5.59. The quantitative estimate of drug-likeness (QED) is 0.597. The van der Waals surface area contributed by atoms with Gasteiger partial charge in [-0.3, -0.25) is 4.79 Å². The Morgan fingerprint density at radius 1 is 1.04 bits per heavy atom. The summed E-state index contributed by atoms with van der Waals surface area (Å²) in [4.78, 5) is 24.0. The largest absolute Gasteiger partial charge is 0.452 e. The van der Waals surface area contributed by atoms with Crippen LogP contribution in [-0.2, 0) is 27.2 Å². The number of amides is 1. The van der Waals surface area contributed by atoms with Crippen molar-refractivity contribution in [1.82, 2.24) is 0 Å². The molecule has 2 rings (SSSR count). The van der Waals surface area contributed by atoms with Gasteiger partial charge >= 0.3 is 5.97 Å². The van der Waals surface area contributed by atoms with E-state index in [1.165, 1.54) is 6.08 Å². The van der Waals surface area contributed by atoms with Crippen LogP contribution in [0, 0.1) is 6.92 Å². The van der Waals surface area contributed by atoms with E-state index in [-0.39, 0.29) is 12.5 Å². The van der Waals surface area contributed by atoms with Gasteiger partial charge in [-0.05, 0) is 42.5 Å². The summed E-state index contributed by atoms with van der Waals surface area (Å²) < 4.78 is 5.04. The predicted molar refractivity (Wildman–Crippen MR) is 105 cm³/mol. The van der Waals surface area contributed by atoms with Crippen LogP contribution < -0.4 is 5.32 Å². The van der Waals surface area contributed by atoms with Crippen molar-refractivity contribution in [3.8, 4) is 0 Å². The second-order valence-electron chi connectivity index (χ2n) is 6.06. The SMILES string of the molecule is CCc1cccc(CC)c1NC(=O)COC(=O)/C=C/c1cccc(C)c1. The zero-order chi connectivity index (χ0) is 18.9. The first kappa shape index (κ1) is 19.4. The van der Waals surface area contributed by atoms with Gasteiger partial charge < -0.3 is 10.1 Å². The number of nitrogens with one attached hydrogen (secondary N) is 1. The minimum atomic E-state index is -0.541. The molecule has 0 saturated heterocycles. The Morgan fingerprint density at radius 3 is 2.31 bits per heavy atom. The molecule has 4 nitrogen and oxygen atoms in total. The van der Waals surface area contributed by atoms with E-state index >= 15 is 0 Å². The van der Waals surface area contributed by atoms with Crippen molar-refractivity contribution in [2.75, 3.05) is 11.9 Å². The molecule has 1 N–H and O–H groups in total. The molecule has 0 bridgehead atoms. The van der Waals surface area contributed by atoms with Gasteiger partial charge in [0, 0.05) is 11.8 Å². The Balaban J connectivity index is 1.92. The maximum atomic E-state index is 12.2. The van der Waals surface area contributed by atoms with Gasteiger partial charge in [-0.15, -0.1) is 0 Å². The minimum absolute atomic E-state index is 0.307. The number of ether oxygens (including phenoxy) is 1. The number of carbonyl (C=O) groups excluding carboxylic acids is 2. The highest BCUT2D eigenvalue weighted by atomic mass is 16.5. The highest BCUT2D eigenvalue weighted by Crippen LogP contribution is 2.22. The van der Waals surface area contributed by atoms with Crippen molar-refractivity contribution in [2.45, 2.75) is 33.6 Å². The van der Waals surface area contributed by atoms with Gasteiger partial charge in [0.1, 0.15) is 0 Å². The molecule has 0 saturated carbocycles. The zero-order valence-electron chi connectivity index (χ0n) is 15.5. The summed E-state index contributed by atoms with van der Waals surface area (Å²) in [5.41, 5.74) is 5.00. The first-order chi connectivity index (χ1) is 12.5. The summed E-state index contributed by atoms with van der Waals surface area (Å²) in [6.07, 6.45) is 4.65. The fourth-order valence-corrected chi connectivity index (χ4v) is 2.70. The molecule has 2 aromatic carbocycles. The number of esters is 1. The highest BCUT2D eigenvalue weighted by molar-refractivity contribution is 5.95. The monoisotopic (exact) mass is 351 g/mol. The molecule has 0 aliphatic carbocycles. The molecular formula is C22H25NO3. The van der Waals surface area contributed by atoms with Gasteiger partial charge in [0.05, 0.1) is 0 Å². The number of hydrogen-bond acceptors (Lipinski definition) is 3. The van der Waals surface area contributed by atoms with Crippen LogP contribution in [0.5, 0.6) is 0 Å². The lowest BCUT2D eigenvalue weighted by Gasteiger charge is -2.14. The number of para-hydroxylation sites is 1. The van der Waals surface area contributed by atoms with E-state index in [1.54, 1.807) is 6.08 Å². The molecule has 0 unspecified atom stereocenters. The second kappa shape index (κ2) is 9.56. The number of hydrogen-bond donors (Lipinski definition) is 1. The number of anilines is 1. The highest BCUT2D eigenvalue weighted by Gasteiger charge is 2.11. The Morgan fingerprint density at radius 2 is 1.69 bits per heavy atom. The molecule has 1 amide bonds. The van der Waals surface area contributed by atoms with Crippen molar-refractivity contribution in [3.05, 3.63) is 70.8 Å². The molecule has 2 aromatic rings. The van der Waals surface area contributed by atoms with Gasteiger partial charge in [0.2, 0.25) is 0 Å². The number of aryl methyl sites for hydroxylation is 3. The third-order valence-corrected chi connectivity index (χ3v) is 4.06. The van der Waals surface area contributed by atoms with E-state index < -0.39 is 5.97 Å². The Hall–Kier alpha value is -2.88. The lowest BCUT2D eigenvalue weighted by molar-refractivity contribution is -0.142. The van der Waals surface area contributed by atoms with Crippen molar-refractivity contribution in [3.63, 3.8) is 0 Å². The maximum Gasteiger partial charge on any atom is 0.331 e. The first-order valence-electron chi connectivity index (χ1n) is 8.85. The summed E-state index contributed by atoms with van der Waals surface area (Å²) in [5.74, 6) is -0.876. The number of benzene rings is 2. The summed E-state index contributed by atoms with van der Waals surface area (Å²) in [6.45, 7) is 5.76. The van der Waals surface area contributed by atoms with Gasteiger partial charge in [0.15, 0.2) is 6.61 Å². The molecule has 136 valence electrons. The summed E-state index contributed by atoms with van der Waals surface area (Å²) in [6, 6.07) is 13.7. The molecule has 0 fully saturated rings. The predicted octanol–water partition coefficient (Wildman–Crippen LogP) is 4.31. The van der Waals surface area contributed by atoms with Crippen LogP contribution in [0.2, 0.25) is 0 Å². The van der Waals surface area contributed by atoms with Gasteiger partial charge in [-0.2, -0.15) is 0 Å². The van der Waals surface area contributed by atoms with Crippen LogP contribution in [0.15, 0.2) is 48.5 Å². The van der Waals surface area contributed by atoms with Gasteiger partial charge in [0.25, 0.3) is 5.91 Å². The Bertz CT molecular complexity index is 787. The van der Waals surface area contributed by atoms with Crippen molar-refractivity contribution >= 4 is 23.6 Å². The summed E-state index contributed by atoms with van der Waals surface area (Å²) >= 11 is 0. The van der Waals surface area contributed by atoms with E-state index in [1.807, 2.05) is 63.2 Å². The molecule has 0 aliphatic rings. The molecule has 0 aliphatic heterocycles. The molecule has 0 atom stereocenters. The van der Waals surface area contributed by atoms with E-state index in [9.17, 15) is 9.59 Å². The molecule has 0 radical (unpaired) electrons. The van der Waals surface area contributed by atoms with Crippen LogP contribution in [0.25, 0.3) is 6.08 Å². The van der Waals surface area contributed by atoms with Gasteiger partial charge in [-0.25, -0.2) is 4.79 Å². The fourth-order valence-electron chi connectivity index (χ4n) is 2.70. The van der Waals surface area contributed by atoms with E-state index in [0.29, 0.717) is 0 Å².